The molecule has 0 aliphatic carbocycles. The Hall–Kier alpha value is -3.86. The van der Waals surface area contributed by atoms with Gasteiger partial charge in [0.2, 0.25) is 0 Å². The quantitative estimate of drug-likeness (QED) is 0.141. The first-order valence-corrected chi connectivity index (χ1v) is 16.9. The van der Waals surface area contributed by atoms with Crippen LogP contribution >= 0.6 is 11.6 Å². The number of hydrogen-bond acceptors (Lipinski definition) is 5. The maximum atomic E-state index is 14.9. The summed E-state index contributed by atoms with van der Waals surface area (Å²) < 4.78 is 74.0. The summed E-state index contributed by atoms with van der Waals surface area (Å²) in [5.74, 6) is -5.09. The second kappa shape index (κ2) is 15.2. The molecule has 0 radical (unpaired) electrons. The molecule has 0 unspecified atom stereocenters. The fourth-order valence-electron chi connectivity index (χ4n) is 5.31. The van der Waals surface area contributed by atoms with Crippen LogP contribution in [0.4, 0.5) is 13.2 Å². The summed E-state index contributed by atoms with van der Waals surface area (Å²) in [6, 6.07) is 26.6. The maximum absolute atomic E-state index is 14.9. The molecule has 0 aliphatic rings. The smallest absolute Gasteiger partial charge is 0.271 e. The highest BCUT2D eigenvalue weighted by atomic mass is 35.5. The number of amides is 1. The van der Waals surface area contributed by atoms with Crippen molar-refractivity contribution < 1.29 is 31.1 Å². The summed E-state index contributed by atoms with van der Waals surface area (Å²) in [7, 11) is -2.67. The number of halogens is 4. The summed E-state index contributed by atoms with van der Waals surface area (Å²) >= 11 is 6.52. The molecular weight excluding hydrogens is 637 g/mol. The van der Waals surface area contributed by atoms with Crippen molar-refractivity contribution in [3.8, 4) is 5.75 Å². The van der Waals surface area contributed by atoms with E-state index in [4.69, 9.17) is 16.3 Å². The van der Waals surface area contributed by atoms with Gasteiger partial charge in [-0.25, -0.2) is 21.6 Å². The molecule has 1 N–H and O–H groups in total. The van der Waals surface area contributed by atoms with Crippen LogP contribution in [0, 0.1) is 5.82 Å². The first-order chi connectivity index (χ1) is 21.8. The number of alkyl halides is 2. The van der Waals surface area contributed by atoms with E-state index in [0.717, 1.165) is 36.4 Å². The lowest BCUT2D eigenvalue weighted by molar-refractivity contribution is 0.0174. The molecule has 0 saturated carbocycles. The molecular formula is C35H36ClF3N2O4S. The lowest BCUT2D eigenvalue weighted by Crippen LogP contribution is -2.31. The minimum absolute atomic E-state index is 0.00667. The summed E-state index contributed by atoms with van der Waals surface area (Å²) in [5.41, 5.74) is 1.88. The molecule has 0 fully saturated rings. The van der Waals surface area contributed by atoms with Crippen molar-refractivity contribution >= 4 is 27.3 Å². The van der Waals surface area contributed by atoms with Gasteiger partial charge in [-0.05, 0) is 29.2 Å². The Morgan fingerprint density at radius 2 is 1.59 bits per heavy atom. The molecule has 4 aromatic carbocycles. The fourth-order valence-corrected chi connectivity index (χ4v) is 6.55. The van der Waals surface area contributed by atoms with Crippen LogP contribution in [0.15, 0.2) is 95.9 Å². The van der Waals surface area contributed by atoms with E-state index < -0.39 is 37.9 Å². The van der Waals surface area contributed by atoms with E-state index in [-0.39, 0.29) is 35.4 Å². The zero-order chi connectivity index (χ0) is 33.5. The van der Waals surface area contributed by atoms with E-state index >= 15 is 0 Å². The monoisotopic (exact) mass is 672 g/mol. The zero-order valence-electron chi connectivity index (χ0n) is 25.8. The fraction of sp³-hybridized carbons (Fsp3) is 0.286. The van der Waals surface area contributed by atoms with E-state index in [0.29, 0.717) is 25.1 Å². The highest BCUT2D eigenvalue weighted by Crippen LogP contribution is 2.36. The standard InChI is InChI=1S/C35H36ClF3N2O4S/c1-35(38,39)29-17-10-16-26(33(29)36)22-41(23-28(24-12-6-4-7-13-24)25-14-8-5-9-15-25)18-11-19-45-27-20-30(37)32(34(42)40-2)31(21-27)46(3,43)44/h4-10,12-17,20-21,28H,11,18-19,22-23H2,1-3H3,(H,40,42). The molecule has 6 nitrogen and oxygen atoms in total. The van der Waals surface area contributed by atoms with Gasteiger partial charge in [0.05, 0.1) is 22.1 Å². The second-order valence-electron chi connectivity index (χ2n) is 11.1. The Kier molecular flexibility index (Phi) is 11.5. The first kappa shape index (κ1) is 35.0. The minimum atomic E-state index is -3.95. The maximum Gasteiger partial charge on any atom is 0.271 e. The molecule has 0 spiro atoms. The Morgan fingerprint density at radius 3 is 2.13 bits per heavy atom. The average Bonchev–Trinajstić information content (AvgIpc) is 3.01. The van der Waals surface area contributed by atoms with Gasteiger partial charge in [0.1, 0.15) is 11.6 Å². The number of ether oxygens (including phenoxy) is 1. The van der Waals surface area contributed by atoms with Crippen molar-refractivity contribution in [2.24, 2.45) is 0 Å². The molecule has 4 rings (SSSR count). The normalized spacial score (nSPS) is 12.0. The van der Waals surface area contributed by atoms with E-state index in [9.17, 15) is 26.4 Å². The predicted molar refractivity (Wildman–Crippen MR) is 174 cm³/mol. The van der Waals surface area contributed by atoms with E-state index in [1.54, 1.807) is 12.1 Å². The number of hydrogen-bond donors (Lipinski definition) is 1. The molecule has 0 aliphatic heterocycles. The predicted octanol–water partition coefficient (Wildman–Crippen LogP) is 7.46. The Labute approximate surface area is 273 Å². The van der Waals surface area contributed by atoms with Crippen LogP contribution in [0.5, 0.6) is 5.75 Å². The van der Waals surface area contributed by atoms with Gasteiger partial charge >= 0.3 is 0 Å². The molecule has 244 valence electrons. The van der Waals surface area contributed by atoms with Crippen LogP contribution < -0.4 is 10.1 Å². The number of benzene rings is 4. The average molecular weight is 673 g/mol. The van der Waals surface area contributed by atoms with E-state index in [1.165, 1.54) is 13.1 Å². The summed E-state index contributed by atoms with van der Waals surface area (Å²) in [6.45, 7) is 2.13. The summed E-state index contributed by atoms with van der Waals surface area (Å²) in [4.78, 5) is 13.8. The Morgan fingerprint density at radius 1 is 0.978 bits per heavy atom. The lowest BCUT2D eigenvalue weighted by Gasteiger charge is -2.29. The van der Waals surface area contributed by atoms with Gasteiger partial charge in [-0.2, -0.15) is 0 Å². The third kappa shape index (κ3) is 8.90. The Bertz CT molecular complexity index is 1710. The minimum Gasteiger partial charge on any atom is -0.493 e. The van der Waals surface area contributed by atoms with Crippen LogP contribution in [0.3, 0.4) is 0 Å². The van der Waals surface area contributed by atoms with Crippen molar-refractivity contribution in [2.45, 2.75) is 36.6 Å². The zero-order valence-corrected chi connectivity index (χ0v) is 27.3. The largest absolute Gasteiger partial charge is 0.493 e. The number of carbonyl (C=O) groups is 1. The van der Waals surface area contributed by atoms with Crippen LogP contribution in [0.25, 0.3) is 0 Å². The van der Waals surface area contributed by atoms with Gasteiger partial charge in [-0.1, -0.05) is 90.5 Å². The Balaban J connectivity index is 1.60. The van der Waals surface area contributed by atoms with Gasteiger partial charge < -0.3 is 10.1 Å². The SMILES string of the molecule is CNC(=O)c1c(F)cc(OCCCN(Cc2cccc(C(C)(F)F)c2Cl)CC(c2ccccc2)c2ccccc2)cc1S(C)(=O)=O. The van der Waals surface area contributed by atoms with Crippen molar-refractivity contribution in [2.75, 3.05) is 33.0 Å². The summed E-state index contributed by atoms with van der Waals surface area (Å²) in [5, 5.41) is 2.26. The topological polar surface area (TPSA) is 75.7 Å². The van der Waals surface area contributed by atoms with Crippen molar-refractivity contribution in [3.63, 3.8) is 0 Å². The first-order valence-electron chi connectivity index (χ1n) is 14.7. The highest BCUT2D eigenvalue weighted by Gasteiger charge is 2.29. The number of nitrogens with one attached hydrogen (secondary N) is 1. The van der Waals surface area contributed by atoms with Crippen molar-refractivity contribution in [3.05, 3.63) is 130 Å². The highest BCUT2D eigenvalue weighted by molar-refractivity contribution is 7.90. The molecule has 0 saturated heterocycles. The third-order valence-electron chi connectivity index (χ3n) is 7.56. The number of sulfone groups is 1. The summed E-state index contributed by atoms with van der Waals surface area (Å²) in [6.07, 6.45) is 1.31. The molecule has 46 heavy (non-hydrogen) atoms. The molecule has 0 heterocycles. The van der Waals surface area contributed by atoms with E-state index in [1.807, 2.05) is 60.7 Å². The lowest BCUT2D eigenvalue weighted by atomic mass is 9.90. The molecule has 4 aromatic rings. The molecule has 11 heteroatoms. The number of rotatable bonds is 14. The van der Waals surface area contributed by atoms with Crippen LogP contribution in [-0.4, -0.2) is 52.2 Å². The number of nitrogens with zero attached hydrogens (tertiary/aromatic N) is 1. The molecule has 1 amide bonds. The van der Waals surface area contributed by atoms with Crippen LogP contribution in [0.1, 0.15) is 51.9 Å². The number of carbonyl (C=O) groups excluding carboxylic acids is 1. The van der Waals surface area contributed by atoms with E-state index in [2.05, 4.69) is 10.2 Å². The van der Waals surface area contributed by atoms with Crippen LogP contribution in [-0.2, 0) is 22.3 Å². The molecule has 0 bridgehead atoms. The van der Waals surface area contributed by atoms with Crippen molar-refractivity contribution in [1.29, 1.82) is 0 Å². The van der Waals surface area contributed by atoms with Gasteiger partial charge in [0, 0.05) is 57.4 Å². The van der Waals surface area contributed by atoms with Gasteiger partial charge in [-0.15, -0.1) is 0 Å². The third-order valence-corrected chi connectivity index (χ3v) is 9.13. The molecule has 0 atom stereocenters. The van der Waals surface area contributed by atoms with Gasteiger partial charge in [0.25, 0.3) is 11.8 Å². The van der Waals surface area contributed by atoms with Gasteiger partial charge in [0.15, 0.2) is 9.84 Å². The van der Waals surface area contributed by atoms with Crippen molar-refractivity contribution in [1.82, 2.24) is 10.2 Å². The molecule has 0 aromatic heterocycles. The van der Waals surface area contributed by atoms with Crippen LogP contribution in [0.2, 0.25) is 5.02 Å². The van der Waals surface area contributed by atoms with Gasteiger partial charge in [-0.3, -0.25) is 9.69 Å². The second-order valence-corrected chi connectivity index (χ2v) is 13.5.